The van der Waals surface area contributed by atoms with Gasteiger partial charge in [0.2, 0.25) is 0 Å². The van der Waals surface area contributed by atoms with Crippen molar-refractivity contribution in [3.8, 4) is 0 Å². The van der Waals surface area contributed by atoms with Gasteiger partial charge in [-0.25, -0.2) is 0 Å². The number of allylic oxidation sites excluding steroid dienone is 5. The maximum absolute atomic E-state index is 10.7. The van der Waals surface area contributed by atoms with Gasteiger partial charge in [0.1, 0.15) is 0 Å². The van der Waals surface area contributed by atoms with Crippen LogP contribution >= 0.6 is 7.81 Å². The van der Waals surface area contributed by atoms with E-state index >= 15 is 0 Å². The first kappa shape index (κ1) is 28.5. The summed E-state index contributed by atoms with van der Waals surface area (Å²) in [5.41, 5.74) is 8.05. The zero-order valence-corrected chi connectivity index (χ0v) is 25.2. The number of fused-ring (bicyclic) bond motifs is 2. The van der Waals surface area contributed by atoms with Crippen molar-refractivity contribution in [2.24, 2.45) is 0 Å². The molecule has 0 amide bonds. The Bertz CT molecular complexity index is 1680. The van der Waals surface area contributed by atoms with Crippen LogP contribution in [0.3, 0.4) is 0 Å². The van der Waals surface area contributed by atoms with E-state index in [-0.39, 0.29) is 14.5 Å². The minimum atomic E-state index is -10.7. The van der Waals surface area contributed by atoms with E-state index in [9.17, 15) is 25.2 Å². The van der Waals surface area contributed by atoms with Crippen molar-refractivity contribution in [1.82, 2.24) is 0 Å². The molecule has 9 heteroatoms. The van der Waals surface area contributed by atoms with Gasteiger partial charge in [0.15, 0.2) is 0 Å². The molecule has 6 rings (SSSR count). The average Bonchev–Trinajstić information content (AvgIpc) is 2.92. The molecule has 0 atom stereocenters. The molecule has 0 N–H and O–H groups in total. The topological polar surface area (TPSA) is 0 Å². The van der Waals surface area contributed by atoms with Gasteiger partial charge >= 0.3 is 241 Å². The summed E-state index contributed by atoms with van der Waals surface area (Å²) in [6, 6.07) is 39.6. The Labute approximate surface area is 240 Å². The van der Waals surface area contributed by atoms with Gasteiger partial charge in [-0.1, -0.05) is 0 Å². The first-order valence-electron chi connectivity index (χ1n) is 12.1. The molecule has 0 saturated carbocycles. The van der Waals surface area contributed by atoms with Crippen LogP contribution in [0.25, 0.3) is 15.6 Å². The molecule has 2 aliphatic heterocycles. The molecule has 0 aliphatic carbocycles. The molecule has 0 bridgehead atoms. The predicted molar refractivity (Wildman–Crippen MR) is 160 cm³/mol. The van der Waals surface area contributed by atoms with Crippen molar-refractivity contribution < 1.29 is 25.2 Å². The third-order valence-electron chi connectivity index (χ3n) is 5.89. The molecule has 0 unspecified atom stereocenters. The second-order valence-electron chi connectivity index (χ2n) is 9.01. The second-order valence-corrected chi connectivity index (χ2v) is 15.7. The van der Waals surface area contributed by atoms with Gasteiger partial charge in [0, 0.05) is 0 Å². The van der Waals surface area contributed by atoms with Crippen molar-refractivity contribution >= 4 is 66.2 Å². The van der Waals surface area contributed by atoms with E-state index < -0.39 is 7.81 Å². The van der Waals surface area contributed by atoms with Crippen LogP contribution in [0.5, 0.6) is 0 Å². The summed E-state index contributed by atoms with van der Waals surface area (Å²) in [4.78, 5) is 0. The zero-order chi connectivity index (χ0) is 28.4. The molecule has 206 valence electrons. The molecule has 4 aromatic rings. The van der Waals surface area contributed by atoms with Gasteiger partial charge in [0.05, 0.1) is 0 Å². The van der Waals surface area contributed by atoms with Crippen molar-refractivity contribution in [3.63, 3.8) is 0 Å². The molecule has 0 fully saturated rings. The van der Waals surface area contributed by atoms with Crippen molar-refractivity contribution in [1.29, 1.82) is 0 Å². The Kier molecular flexibility index (Phi) is 7.46. The van der Waals surface area contributed by atoms with Crippen LogP contribution in [-0.2, 0) is 0 Å². The summed E-state index contributed by atoms with van der Waals surface area (Å²) in [6.45, 7) is 0. The van der Waals surface area contributed by atoms with E-state index in [4.69, 9.17) is 0 Å². The molecular weight excluding hydrogens is 675 g/mol. The van der Waals surface area contributed by atoms with Crippen molar-refractivity contribution in [2.75, 3.05) is 0 Å². The summed E-state index contributed by atoms with van der Waals surface area (Å²) in [6.07, 6.45) is 7.27. The first-order chi connectivity index (χ1) is 18.8. The summed E-state index contributed by atoms with van der Waals surface area (Å²) in [7, 11) is -10.7. The van der Waals surface area contributed by atoms with Crippen LogP contribution in [-0.4, -0.2) is 33.9 Å². The molecule has 0 radical (unpaired) electrons. The van der Waals surface area contributed by atoms with E-state index in [2.05, 4.69) is 127 Å². The third-order valence-corrected chi connectivity index (χ3v) is 10.9. The molecule has 4 aromatic carbocycles. The standard InChI is InChI=1S/C31H22Se2.F6P/c1-3-11-22(12-4-1)30-20-24(26-15-7-9-17-28(26)32-30)19-25-21-31(23-13-5-2-6-14-23)33-29-18-10-8-16-27(25)29;1-7(2,3,4,5)6/h1-21,32H;/q;-1/b25-19+;. The fourth-order valence-corrected chi connectivity index (χ4v) is 9.19. The Morgan fingerprint density at radius 3 is 1.75 bits per heavy atom. The van der Waals surface area contributed by atoms with E-state index in [1.807, 2.05) is 0 Å². The molecule has 2 aliphatic rings. The van der Waals surface area contributed by atoms with Crippen molar-refractivity contribution in [2.45, 2.75) is 0 Å². The summed E-state index contributed by atoms with van der Waals surface area (Å²) < 4.78 is 65.1. The number of halogens is 6. The average molecular weight is 697 g/mol. The summed E-state index contributed by atoms with van der Waals surface area (Å²) in [5, 5.41) is 0. The van der Waals surface area contributed by atoms with Gasteiger partial charge in [-0.15, -0.1) is 0 Å². The summed E-state index contributed by atoms with van der Waals surface area (Å²) >= 11 is 0.277. The zero-order valence-electron chi connectivity index (χ0n) is 20.7. The Hall–Kier alpha value is -2.98. The van der Waals surface area contributed by atoms with Gasteiger partial charge in [-0.2, -0.15) is 0 Å². The van der Waals surface area contributed by atoms with Crippen LogP contribution in [0.15, 0.2) is 127 Å². The Morgan fingerprint density at radius 2 is 1.10 bits per heavy atom. The van der Waals surface area contributed by atoms with Crippen LogP contribution in [0.2, 0.25) is 0 Å². The first-order valence-corrected chi connectivity index (χ1v) is 17.7. The Morgan fingerprint density at radius 1 is 0.575 bits per heavy atom. The minimum absolute atomic E-state index is 0.0287. The maximum atomic E-state index is 9.87. The molecule has 0 aromatic heterocycles. The Balaban J connectivity index is 0.000000411. The van der Waals surface area contributed by atoms with Crippen molar-refractivity contribution in [3.05, 3.63) is 150 Å². The van der Waals surface area contributed by atoms with Gasteiger partial charge < -0.3 is 0 Å². The monoisotopic (exact) mass is 699 g/mol. The molecule has 0 nitrogen and oxygen atoms in total. The van der Waals surface area contributed by atoms with Crippen LogP contribution in [0, 0.1) is 0 Å². The van der Waals surface area contributed by atoms with Crippen LogP contribution < -0.4 is 8.92 Å². The fraction of sp³-hybridized carbons (Fsp3) is 0. The predicted octanol–water partition coefficient (Wildman–Crippen LogP) is 8.22. The van der Waals surface area contributed by atoms with E-state index in [1.54, 1.807) is 0 Å². The molecule has 2 heterocycles. The number of rotatable bonds is 3. The van der Waals surface area contributed by atoms with Gasteiger partial charge in [-0.3, -0.25) is 0 Å². The molecule has 0 saturated heterocycles. The van der Waals surface area contributed by atoms with E-state index in [1.165, 1.54) is 51.2 Å². The number of hydrogen-bond acceptors (Lipinski definition) is 0. The number of hydrogen-bond donors (Lipinski definition) is 0. The molecule has 0 spiro atoms. The molecule has 40 heavy (non-hydrogen) atoms. The van der Waals surface area contributed by atoms with E-state index in [0.29, 0.717) is 15.0 Å². The SMILES string of the molecule is C1=C(c2ccccc2)[Se]c2ccccc2/C1=C/C1=CC(c2ccccc2)=[SeH]c2ccccc21.F[P-](F)(F)(F)(F)F. The fourth-order valence-electron chi connectivity index (χ4n) is 4.27. The molecular formula is C31H22F6PSe2-. The second kappa shape index (κ2) is 10.4. The number of benzene rings is 4. The van der Waals surface area contributed by atoms with Gasteiger partial charge in [0.25, 0.3) is 0 Å². The van der Waals surface area contributed by atoms with Crippen LogP contribution in [0.4, 0.5) is 25.2 Å². The van der Waals surface area contributed by atoms with Gasteiger partial charge in [-0.05, 0) is 0 Å². The van der Waals surface area contributed by atoms with Crippen LogP contribution in [0.1, 0.15) is 22.3 Å². The quantitative estimate of drug-likeness (QED) is 0.115. The normalized spacial score (nSPS) is 17.2. The summed E-state index contributed by atoms with van der Waals surface area (Å²) in [5.74, 6) is 0. The van der Waals surface area contributed by atoms with E-state index in [0.717, 1.165) is 0 Å². The third kappa shape index (κ3) is 8.04.